The molecule has 0 fully saturated rings. The molecule has 0 saturated carbocycles. The second kappa shape index (κ2) is 4.92. The third-order valence-electron chi connectivity index (χ3n) is 2.45. The van der Waals surface area contributed by atoms with E-state index in [9.17, 15) is 0 Å². The van der Waals surface area contributed by atoms with Gasteiger partial charge in [0.05, 0.1) is 0 Å². The van der Waals surface area contributed by atoms with E-state index < -0.39 is 0 Å². The van der Waals surface area contributed by atoms with Gasteiger partial charge in [0, 0.05) is 24.9 Å². The van der Waals surface area contributed by atoms with Crippen molar-refractivity contribution < 1.29 is 0 Å². The fraction of sp³-hybridized carbons (Fsp3) is 0.364. The van der Waals surface area contributed by atoms with Crippen molar-refractivity contribution in [2.24, 2.45) is 5.84 Å². The number of nitrogens with zero attached hydrogens (tertiary/aromatic N) is 4. The van der Waals surface area contributed by atoms with E-state index in [4.69, 9.17) is 5.84 Å². The maximum absolute atomic E-state index is 5.41. The van der Waals surface area contributed by atoms with Gasteiger partial charge in [0.25, 0.3) is 0 Å². The minimum Gasteiger partial charge on any atom is -0.308 e. The molecule has 6 nitrogen and oxygen atoms in total. The number of imidazole rings is 1. The Labute approximate surface area is 99.9 Å². The second-order valence-electron chi connectivity index (χ2n) is 3.77. The van der Waals surface area contributed by atoms with Crippen LogP contribution in [0.3, 0.4) is 0 Å². The summed E-state index contributed by atoms with van der Waals surface area (Å²) in [5, 5.41) is 0. The van der Waals surface area contributed by atoms with E-state index in [-0.39, 0.29) is 0 Å². The number of hydrogen-bond donors (Lipinski definition) is 2. The average Bonchev–Trinajstić information content (AvgIpc) is 2.75. The molecule has 0 unspecified atom stereocenters. The zero-order chi connectivity index (χ0) is 12.3. The van der Waals surface area contributed by atoms with Crippen LogP contribution in [0.2, 0.25) is 0 Å². The van der Waals surface area contributed by atoms with Crippen LogP contribution in [-0.2, 0) is 6.42 Å². The van der Waals surface area contributed by atoms with Gasteiger partial charge in [-0.3, -0.25) is 4.57 Å². The Morgan fingerprint density at radius 2 is 2.24 bits per heavy atom. The van der Waals surface area contributed by atoms with Crippen molar-refractivity contribution in [3.8, 4) is 5.82 Å². The molecule has 0 atom stereocenters. The SMILES string of the molecule is CCCc1nc(NN)cc(-n2ccnc2C)n1. The number of aromatic nitrogens is 4. The van der Waals surface area contributed by atoms with Crippen LogP contribution in [0, 0.1) is 6.92 Å². The summed E-state index contributed by atoms with van der Waals surface area (Å²) in [4.78, 5) is 13.0. The summed E-state index contributed by atoms with van der Waals surface area (Å²) in [6.45, 7) is 4.02. The van der Waals surface area contributed by atoms with E-state index >= 15 is 0 Å². The quantitative estimate of drug-likeness (QED) is 0.611. The first-order chi connectivity index (χ1) is 8.24. The van der Waals surface area contributed by atoms with Crippen molar-refractivity contribution >= 4 is 5.82 Å². The van der Waals surface area contributed by atoms with Crippen LogP contribution in [-0.4, -0.2) is 19.5 Å². The van der Waals surface area contributed by atoms with E-state index in [0.29, 0.717) is 5.82 Å². The number of nitrogen functional groups attached to an aromatic ring is 1. The zero-order valence-electron chi connectivity index (χ0n) is 10.0. The van der Waals surface area contributed by atoms with E-state index in [1.807, 2.05) is 17.7 Å². The zero-order valence-corrected chi connectivity index (χ0v) is 10.0. The van der Waals surface area contributed by atoms with E-state index in [1.54, 1.807) is 12.3 Å². The summed E-state index contributed by atoms with van der Waals surface area (Å²) in [6, 6.07) is 1.80. The number of hydrogen-bond acceptors (Lipinski definition) is 5. The largest absolute Gasteiger partial charge is 0.308 e. The highest BCUT2D eigenvalue weighted by atomic mass is 15.3. The summed E-state index contributed by atoms with van der Waals surface area (Å²) >= 11 is 0. The minimum atomic E-state index is 0.617. The fourth-order valence-electron chi connectivity index (χ4n) is 1.64. The topological polar surface area (TPSA) is 81.6 Å². The van der Waals surface area contributed by atoms with Gasteiger partial charge in [-0.2, -0.15) is 0 Å². The van der Waals surface area contributed by atoms with Crippen LogP contribution in [0.4, 0.5) is 5.82 Å². The van der Waals surface area contributed by atoms with E-state index in [0.717, 1.165) is 30.3 Å². The molecular weight excluding hydrogens is 216 g/mol. The molecule has 2 aromatic heterocycles. The van der Waals surface area contributed by atoms with Crippen molar-refractivity contribution in [1.29, 1.82) is 0 Å². The molecule has 0 aliphatic heterocycles. The second-order valence-corrected chi connectivity index (χ2v) is 3.77. The highest BCUT2D eigenvalue weighted by Gasteiger charge is 2.07. The van der Waals surface area contributed by atoms with Crippen LogP contribution in [0.1, 0.15) is 25.0 Å². The van der Waals surface area contributed by atoms with Crippen LogP contribution in [0.25, 0.3) is 5.82 Å². The lowest BCUT2D eigenvalue weighted by molar-refractivity contribution is 0.811. The predicted molar refractivity (Wildman–Crippen MR) is 65.7 cm³/mol. The van der Waals surface area contributed by atoms with Gasteiger partial charge in [-0.1, -0.05) is 6.92 Å². The number of nitrogens with one attached hydrogen (secondary N) is 1. The highest BCUT2D eigenvalue weighted by Crippen LogP contribution is 2.13. The summed E-state index contributed by atoms with van der Waals surface area (Å²) in [5.41, 5.74) is 2.56. The van der Waals surface area contributed by atoms with E-state index in [2.05, 4.69) is 27.3 Å². The molecule has 2 heterocycles. The summed E-state index contributed by atoms with van der Waals surface area (Å²) < 4.78 is 1.90. The molecule has 90 valence electrons. The van der Waals surface area contributed by atoms with Crippen molar-refractivity contribution in [2.45, 2.75) is 26.7 Å². The Morgan fingerprint density at radius 1 is 1.41 bits per heavy atom. The molecule has 0 aliphatic rings. The molecule has 2 rings (SSSR count). The summed E-state index contributed by atoms with van der Waals surface area (Å²) in [6.07, 6.45) is 5.44. The van der Waals surface area contributed by atoms with Crippen LogP contribution >= 0.6 is 0 Å². The minimum absolute atomic E-state index is 0.617. The molecule has 2 aromatic rings. The number of aryl methyl sites for hydroxylation is 2. The highest BCUT2D eigenvalue weighted by molar-refractivity contribution is 5.41. The Bertz CT molecular complexity index is 504. The average molecular weight is 232 g/mol. The fourth-order valence-corrected chi connectivity index (χ4v) is 1.64. The predicted octanol–water partition coefficient (Wildman–Crippen LogP) is 1.21. The first-order valence-corrected chi connectivity index (χ1v) is 5.59. The molecule has 0 amide bonds. The molecule has 17 heavy (non-hydrogen) atoms. The molecule has 0 aromatic carbocycles. The van der Waals surface area contributed by atoms with Gasteiger partial charge in [-0.25, -0.2) is 20.8 Å². The maximum Gasteiger partial charge on any atom is 0.145 e. The van der Waals surface area contributed by atoms with Crippen molar-refractivity contribution in [1.82, 2.24) is 19.5 Å². The lowest BCUT2D eigenvalue weighted by atomic mass is 10.3. The number of anilines is 1. The Hall–Kier alpha value is -1.95. The molecule has 0 spiro atoms. The molecule has 0 aliphatic carbocycles. The van der Waals surface area contributed by atoms with Gasteiger partial charge in [0.15, 0.2) is 0 Å². The number of nitrogens with two attached hydrogens (primary N) is 1. The Kier molecular flexibility index (Phi) is 3.34. The molecule has 3 N–H and O–H groups in total. The van der Waals surface area contributed by atoms with Gasteiger partial charge in [-0.15, -0.1) is 0 Å². The molecule has 0 radical (unpaired) electrons. The van der Waals surface area contributed by atoms with E-state index in [1.165, 1.54) is 0 Å². The first-order valence-electron chi connectivity index (χ1n) is 5.59. The Balaban J connectivity index is 2.46. The third kappa shape index (κ3) is 2.42. The lowest BCUT2D eigenvalue weighted by Crippen LogP contribution is -2.12. The standard InChI is InChI=1S/C11H16N6/c1-3-4-9-14-10(16-12)7-11(15-9)17-6-5-13-8(17)2/h5-7H,3-4,12H2,1-2H3,(H,14,15,16). The van der Waals surface area contributed by atoms with Crippen molar-refractivity contribution in [2.75, 3.05) is 5.43 Å². The molecular formula is C11H16N6. The van der Waals surface area contributed by atoms with Crippen molar-refractivity contribution in [3.63, 3.8) is 0 Å². The first kappa shape index (κ1) is 11.5. The van der Waals surface area contributed by atoms with Crippen LogP contribution in [0.5, 0.6) is 0 Å². The molecule has 6 heteroatoms. The number of hydrazine groups is 1. The van der Waals surface area contributed by atoms with Gasteiger partial charge in [-0.05, 0) is 13.3 Å². The number of rotatable bonds is 4. The molecule has 0 saturated heterocycles. The van der Waals surface area contributed by atoms with Gasteiger partial charge in [0.2, 0.25) is 0 Å². The Morgan fingerprint density at radius 3 is 2.82 bits per heavy atom. The monoisotopic (exact) mass is 232 g/mol. The maximum atomic E-state index is 5.41. The van der Waals surface area contributed by atoms with Gasteiger partial charge >= 0.3 is 0 Å². The normalized spacial score (nSPS) is 10.5. The van der Waals surface area contributed by atoms with Gasteiger partial charge < -0.3 is 5.43 Å². The third-order valence-corrected chi connectivity index (χ3v) is 2.45. The summed E-state index contributed by atoms with van der Waals surface area (Å²) in [5.74, 6) is 8.48. The smallest absolute Gasteiger partial charge is 0.145 e. The summed E-state index contributed by atoms with van der Waals surface area (Å²) in [7, 11) is 0. The van der Waals surface area contributed by atoms with Crippen molar-refractivity contribution in [3.05, 3.63) is 30.1 Å². The van der Waals surface area contributed by atoms with Gasteiger partial charge in [0.1, 0.15) is 23.3 Å². The van der Waals surface area contributed by atoms with Crippen LogP contribution < -0.4 is 11.3 Å². The molecule has 0 bridgehead atoms. The lowest BCUT2D eigenvalue weighted by Gasteiger charge is -2.08. The van der Waals surface area contributed by atoms with Crippen LogP contribution in [0.15, 0.2) is 18.5 Å².